The molecule has 1 atom stereocenters. The van der Waals surface area contributed by atoms with Crippen LogP contribution in [0.25, 0.3) is 0 Å². The van der Waals surface area contributed by atoms with E-state index in [0.717, 1.165) is 23.5 Å². The summed E-state index contributed by atoms with van der Waals surface area (Å²) in [5.74, 6) is 2.13. The lowest BCUT2D eigenvalue weighted by Gasteiger charge is -2.17. The zero-order valence-corrected chi connectivity index (χ0v) is 11.2. The van der Waals surface area contributed by atoms with Crippen molar-refractivity contribution in [1.29, 1.82) is 0 Å². The molecule has 18 heavy (non-hydrogen) atoms. The minimum Gasteiger partial charge on any atom is -0.497 e. The number of aliphatic hydroxyl groups is 1. The largest absolute Gasteiger partial charge is 0.497 e. The molecule has 0 aromatic heterocycles. The molecule has 0 radical (unpaired) electrons. The molecule has 0 aliphatic heterocycles. The molecule has 0 heterocycles. The van der Waals surface area contributed by atoms with Crippen LogP contribution in [0.3, 0.4) is 0 Å². The molecule has 1 fully saturated rings. The monoisotopic (exact) mass is 250 g/mol. The first-order valence-electron chi connectivity index (χ1n) is 6.64. The predicted molar refractivity (Wildman–Crippen MR) is 71.1 cm³/mol. The second kappa shape index (κ2) is 6.10. The first-order chi connectivity index (χ1) is 8.72. The molecule has 1 aliphatic carbocycles. The molecule has 0 amide bonds. The lowest BCUT2D eigenvalue weighted by molar-refractivity contribution is 0.144. The van der Waals surface area contributed by atoms with E-state index in [0.29, 0.717) is 5.92 Å². The minimum absolute atomic E-state index is 0.419. The lowest BCUT2D eigenvalue weighted by Crippen LogP contribution is -2.05. The molecule has 1 saturated carbocycles. The summed E-state index contributed by atoms with van der Waals surface area (Å²) in [6, 6.07) is 5.61. The molecular formula is C15H22O3. The summed E-state index contributed by atoms with van der Waals surface area (Å²) in [6.45, 7) is 0. The van der Waals surface area contributed by atoms with Gasteiger partial charge in [-0.2, -0.15) is 0 Å². The van der Waals surface area contributed by atoms with Crippen molar-refractivity contribution in [3.8, 4) is 11.5 Å². The molecule has 1 aromatic rings. The average Bonchev–Trinajstić information content (AvgIpc) is 2.90. The van der Waals surface area contributed by atoms with Crippen molar-refractivity contribution in [2.24, 2.45) is 5.92 Å². The Balaban J connectivity index is 2.09. The minimum atomic E-state index is -0.419. The second-order valence-electron chi connectivity index (χ2n) is 5.05. The van der Waals surface area contributed by atoms with Crippen LogP contribution in [0.15, 0.2) is 18.2 Å². The molecule has 1 aliphatic rings. The summed E-state index contributed by atoms with van der Waals surface area (Å²) in [4.78, 5) is 0. The summed E-state index contributed by atoms with van der Waals surface area (Å²) < 4.78 is 10.5. The van der Waals surface area contributed by atoms with Gasteiger partial charge in [0.2, 0.25) is 0 Å². The van der Waals surface area contributed by atoms with E-state index < -0.39 is 6.10 Å². The molecule has 3 nitrogen and oxygen atoms in total. The highest BCUT2D eigenvalue weighted by atomic mass is 16.5. The highest BCUT2D eigenvalue weighted by molar-refractivity contribution is 5.39. The van der Waals surface area contributed by atoms with E-state index in [1.165, 1.54) is 25.7 Å². The van der Waals surface area contributed by atoms with Gasteiger partial charge in [0.05, 0.1) is 20.3 Å². The van der Waals surface area contributed by atoms with Gasteiger partial charge in [0.25, 0.3) is 0 Å². The van der Waals surface area contributed by atoms with Crippen molar-refractivity contribution < 1.29 is 14.6 Å². The Kier molecular flexibility index (Phi) is 4.48. The number of aliphatic hydroxyl groups excluding tert-OH is 1. The van der Waals surface area contributed by atoms with Gasteiger partial charge in [-0.1, -0.05) is 25.7 Å². The van der Waals surface area contributed by atoms with Crippen LogP contribution in [0.1, 0.15) is 43.8 Å². The molecule has 0 spiro atoms. The smallest absolute Gasteiger partial charge is 0.122 e. The Bertz CT molecular complexity index is 361. The van der Waals surface area contributed by atoms with E-state index in [-0.39, 0.29) is 0 Å². The third kappa shape index (κ3) is 3.16. The number of methoxy groups -OCH3 is 2. The van der Waals surface area contributed by atoms with Gasteiger partial charge in [-0.15, -0.1) is 0 Å². The SMILES string of the molecule is COc1cc(OC)cc(C(O)CC2CCCC2)c1. The molecule has 2 rings (SSSR count). The van der Waals surface area contributed by atoms with E-state index in [9.17, 15) is 5.11 Å². The van der Waals surface area contributed by atoms with Crippen molar-refractivity contribution in [2.45, 2.75) is 38.2 Å². The van der Waals surface area contributed by atoms with Gasteiger partial charge in [0.15, 0.2) is 0 Å². The maximum absolute atomic E-state index is 10.3. The van der Waals surface area contributed by atoms with E-state index in [1.807, 2.05) is 18.2 Å². The van der Waals surface area contributed by atoms with Crippen molar-refractivity contribution in [3.05, 3.63) is 23.8 Å². The Labute approximate surface area is 109 Å². The Hall–Kier alpha value is -1.22. The van der Waals surface area contributed by atoms with Gasteiger partial charge < -0.3 is 14.6 Å². The number of benzene rings is 1. The Morgan fingerprint density at radius 3 is 2.17 bits per heavy atom. The van der Waals surface area contributed by atoms with Crippen LogP contribution in [-0.2, 0) is 0 Å². The fraction of sp³-hybridized carbons (Fsp3) is 0.600. The third-order valence-electron chi connectivity index (χ3n) is 3.79. The molecule has 1 aromatic carbocycles. The summed E-state index contributed by atoms with van der Waals surface area (Å²) in [5.41, 5.74) is 0.887. The molecule has 0 bridgehead atoms. The fourth-order valence-corrected chi connectivity index (χ4v) is 2.72. The van der Waals surface area contributed by atoms with E-state index in [2.05, 4.69) is 0 Å². The van der Waals surface area contributed by atoms with Crippen LogP contribution in [0.2, 0.25) is 0 Å². The number of hydrogen-bond acceptors (Lipinski definition) is 3. The first-order valence-corrected chi connectivity index (χ1v) is 6.64. The molecule has 100 valence electrons. The number of ether oxygens (including phenoxy) is 2. The zero-order chi connectivity index (χ0) is 13.0. The average molecular weight is 250 g/mol. The van der Waals surface area contributed by atoms with Crippen LogP contribution in [-0.4, -0.2) is 19.3 Å². The van der Waals surface area contributed by atoms with Crippen molar-refractivity contribution in [2.75, 3.05) is 14.2 Å². The standard InChI is InChI=1S/C15H22O3/c1-17-13-8-12(9-14(10-13)18-2)15(16)7-11-5-3-4-6-11/h8-11,15-16H,3-7H2,1-2H3. The lowest BCUT2D eigenvalue weighted by atomic mass is 9.95. The number of rotatable bonds is 5. The van der Waals surface area contributed by atoms with Gasteiger partial charge in [-0.05, 0) is 30.0 Å². The van der Waals surface area contributed by atoms with Crippen LogP contribution in [0, 0.1) is 5.92 Å². The highest BCUT2D eigenvalue weighted by Gasteiger charge is 2.20. The quantitative estimate of drug-likeness (QED) is 0.871. The molecule has 3 heteroatoms. The van der Waals surface area contributed by atoms with Gasteiger partial charge in [-0.3, -0.25) is 0 Å². The fourth-order valence-electron chi connectivity index (χ4n) is 2.72. The molecule has 1 unspecified atom stereocenters. The zero-order valence-electron chi connectivity index (χ0n) is 11.2. The molecular weight excluding hydrogens is 228 g/mol. The Morgan fingerprint density at radius 1 is 1.11 bits per heavy atom. The van der Waals surface area contributed by atoms with Gasteiger partial charge >= 0.3 is 0 Å². The normalized spacial score (nSPS) is 17.7. The van der Waals surface area contributed by atoms with Crippen molar-refractivity contribution in [1.82, 2.24) is 0 Å². The summed E-state index contributed by atoms with van der Waals surface area (Å²) in [7, 11) is 3.25. The highest BCUT2D eigenvalue weighted by Crippen LogP contribution is 2.35. The second-order valence-corrected chi connectivity index (χ2v) is 5.05. The summed E-state index contributed by atoms with van der Waals surface area (Å²) >= 11 is 0. The van der Waals surface area contributed by atoms with Gasteiger partial charge in [0.1, 0.15) is 11.5 Å². The summed E-state index contributed by atoms with van der Waals surface area (Å²) in [5, 5.41) is 10.3. The summed E-state index contributed by atoms with van der Waals surface area (Å²) in [6.07, 6.45) is 5.53. The topological polar surface area (TPSA) is 38.7 Å². The van der Waals surface area contributed by atoms with Gasteiger partial charge in [-0.25, -0.2) is 0 Å². The third-order valence-corrected chi connectivity index (χ3v) is 3.79. The van der Waals surface area contributed by atoms with Crippen LogP contribution < -0.4 is 9.47 Å². The Morgan fingerprint density at radius 2 is 1.67 bits per heavy atom. The van der Waals surface area contributed by atoms with Crippen LogP contribution >= 0.6 is 0 Å². The molecule has 1 N–H and O–H groups in total. The van der Waals surface area contributed by atoms with Crippen molar-refractivity contribution in [3.63, 3.8) is 0 Å². The van der Waals surface area contributed by atoms with Crippen LogP contribution in [0.5, 0.6) is 11.5 Å². The maximum atomic E-state index is 10.3. The van der Waals surface area contributed by atoms with E-state index in [1.54, 1.807) is 14.2 Å². The van der Waals surface area contributed by atoms with E-state index >= 15 is 0 Å². The number of hydrogen-bond donors (Lipinski definition) is 1. The van der Waals surface area contributed by atoms with E-state index in [4.69, 9.17) is 9.47 Å². The maximum Gasteiger partial charge on any atom is 0.122 e. The molecule has 0 saturated heterocycles. The van der Waals surface area contributed by atoms with Gasteiger partial charge in [0, 0.05) is 6.07 Å². The first kappa shape index (κ1) is 13.2. The van der Waals surface area contributed by atoms with Crippen LogP contribution in [0.4, 0.5) is 0 Å². The predicted octanol–water partition coefficient (Wildman–Crippen LogP) is 3.32. The van der Waals surface area contributed by atoms with Crippen molar-refractivity contribution >= 4 is 0 Å².